The lowest BCUT2D eigenvalue weighted by Gasteiger charge is -2.15. The molecule has 2 atom stereocenters. The summed E-state index contributed by atoms with van der Waals surface area (Å²) in [4.78, 5) is 16.1. The molecule has 1 aromatic heterocycles. The van der Waals surface area contributed by atoms with Crippen LogP contribution >= 0.6 is 0 Å². The molecule has 0 bridgehead atoms. The fraction of sp³-hybridized carbons (Fsp3) is 0.312. The van der Waals surface area contributed by atoms with E-state index in [0.29, 0.717) is 18.8 Å². The molecule has 0 amide bonds. The molecule has 0 spiro atoms. The zero-order valence-corrected chi connectivity index (χ0v) is 11.9. The second-order valence-corrected chi connectivity index (χ2v) is 5.10. The van der Waals surface area contributed by atoms with Crippen molar-refractivity contribution in [2.24, 2.45) is 5.92 Å². The Hall–Kier alpha value is -2.65. The van der Waals surface area contributed by atoms with E-state index in [4.69, 9.17) is 14.7 Å². The van der Waals surface area contributed by atoms with E-state index in [0.717, 1.165) is 12.1 Å². The Morgan fingerprint density at radius 1 is 1.45 bits per heavy atom. The minimum absolute atomic E-state index is 0.0424. The Morgan fingerprint density at radius 3 is 2.86 bits per heavy atom. The lowest BCUT2D eigenvalue weighted by Crippen LogP contribution is -2.26. The average Bonchev–Trinajstić information content (AvgIpc) is 3.25. The number of hydrogen-bond acceptors (Lipinski definition) is 5. The zero-order chi connectivity index (χ0) is 15.4. The second-order valence-electron chi connectivity index (χ2n) is 5.10. The van der Waals surface area contributed by atoms with Gasteiger partial charge in [-0.25, -0.2) is 9.78 Å². The maximum atomic E-state index is 12.1. The van der Waals surface area contributed by atoms with Crippen molar-refractivity contribution < 1.29 is 14.3 Å². The number of nitrogens with zero attached hydrogens (tertiary/aromatic N) is 3. The van der Waals surface area contributed by atoms with Crippen LogP contribution in [0, 0.1) is 17.2 Å². The lowest BCUT2D eigenvalue weighted by molar-refractivity contribution is 0.0277. The number of esters is 1. The number of hydrogen-bond donors (Lipinski definition) is 0. The highest BCUT2D eigenvalue weighted by Gasteiger charge is 2.29. The molecule has 0 N–H and O–H groups in total. The van der Waals surface area contributed by atoms with Gasteiger partial charge in [0.2, 0.25) is 0 Å². The maximum Gasteiger partial charge on any atom is 0.339 e. The summed E-state index contributed by atoms with van der Waals surface area (Å²) in [6.07, 6.45) is 5.16. The number of carbonyl (C=O) groups excluding carboxylic acids is 1. The number of rotatable bonds is 4. The van der Waals surface area contributed by atoms with Crippen LogP contribution in [-0.4, -0.2) is 34.8 Å². The number of imidazole rings is 1. The molecule has 1 aliphatic heterocycles. The van der Waals surface area contributed by atoms with Crippen LogP contribution in [0.3, 0.4) is 0 Å². The smallest absolute Gasteiger partial charge is 0.339 e. The molecule has 2 aromatic rings. The monoisotopic (exact) mass is 297 g/mol. The Labute approximate surface area is 127 Å². The van der Waals surface area contributed by atoms with Crippen molar-refractivity contribution >= 4 is 5.97 Å². The molecule has 22 heavy (non-hydrogen) atoms. The van der Waals surface area contributed by atoms with Crippen molar-refractivity contribution in [3.63, 3.8) is 0 Å². The first-order chi connectivity index (χ1) is 10.8. The molecular formula is C16H15N3O3. The fourth-order valence-electron chi connectivity index (χ4n) is 2.38. The number of aromatic nitrogens is 2. The molecule has 2 heterocycles. The van der Waals surface area contributed by atoms with E-state index in [1.165, 1.54) is 0 Å². The third-order valence-corrected chi connectivity index (χ3v) is 3.66. The third kappa shape index (κ3) is 3.00. The van der Waals surface area contributed by atoms with Gasteiger partial charge in [0, 0.05) is 30.6 Å². The van der Waals surface area contributed by atoms with Crippen LogP contribution in [-0.2, 0) is 9.47 Å². The van der Waals surface area contributed by atoms with E-state index in [1.807, 2.05) is 16.8 Å². The summed E-state index contributed by atoms with van der Waals surface area (Å²) in [5, 5.41) is 9.16. The van der Waals surface area contributed by atoms with Crippen molar-refractivity contribution in [1.29, 1.82) is 5.26 Å². The van der Waals surface area contributed by atoms with Crippen molar-refractivity contribution in [3.8, 4) is 11.8 Å². The molecular weight excluding hydrogens is 282 g/mol. The topological polar surface area (TPSA) is 77.1 Å². The minimum Gasteiger partial charge on any atom is -0.443 e. The molecule has 1 aliphatic rings. The number of ether oxygens (including phenoxy) is 2. The molecule has 0 radical (unpaired) electrons. The van der Waals surface area contributed by atoms with Gasteiger partial charge in [0.05, 0.1) is 18.5 Å². The Bertz CT molecular complexity index is 668. The van der Waals surface area contributed by atoms with Crippen molar-refractivity contribution in [2.45, 2.75) is 12.5 Å². The van der Waals surface area contributed by atoms with Crippen LogP contribution in [0.25, 0.3) is 5.69 Å². The first kappa shape index (κ1) is 14.3. The average molecular weight is 297 g/mol. The summed E-state index contributed by atoms with van der Waals surface area (Å²) in [6, 6.07) is 9.01. The largest absolute Gasteiger partial charge is 0.443 e. The van der Waals surface area contributed by atoms with Crippen LogP contribution in [0.15, 0.2) is 43.0 Å². The van der Waals surface area contributed by atoms with E-state index in [1.54, 1.807) is 36.8 Å². The molecule has 0 aliphatic carbocycles. The van der Waals surface area contributed by atoms with Gasteiger partial charge in [-0.1, -0.05) is 0 Å². The second kappa shape index (κ2) is 6.41. The quantitative estimate of drug-likeness (QED) is 0.806. The highest BCUT2D eigenvalue weighted by atomic mass is 16.5. The maximum absolute atomic E-state index is 12.1. The molecule has 1 saturated heterocycles. The van der Waals surface area contributed by atoms with E-state index < -0.39 is 12.1 Å². The van der Waals surface area contributed by atoms with Gasteiger partial charge in [0.25, 0.3) is 0 Å². The Kier molecular flexibility index (Phi) is 4.17. The molecule has 0 saturated carbocycles. The molecule has 1 aromatic carbocycles. The highest BCUT2D eigenvalue weighted by Crippen LogP contribution is 2.20. The molecule has 6 heteroatoms. The van der Waals surface area contributed by atoms with Gasteiger partial charge in [-0.3, -0.25) is 0 Å². The van der Waals surface area contributed by atoms with Crippen LogP contribution in [0.5, 0.6) is 0 Å². The SMILES string of the molecule is N#C[C@@H](OC(=O)c1ccc(-n2ccnc2)cc1)[C@@H]1CCOC1. The first-order valence-electron chi connectivity index (χ1n) is 7.04. The summed E-state index contributed by atoms with van der Waals surface area (Å²) in [6.45, 7) is 1.07. The van der Waals surface area contributed by atoms with Gasteiger partial charge < -0.3 is 14.0 Å². The molecule has 0 unspecified atom stereocenters. The first-order valence-corrected chi connectivity index (χ1v) is 7.04. The van der Waals surface area contributed by atoms with Crippen molar-refractivity contribution in [2.75, 3.05) is 13.2 Å². The molecule has 112 valence electrons. The van der Waals surface area contributed by atoms with Crippen LogP contribution in [0.1, 0.15) is 16.8 Å². The zero-order valence-electron chi connectivity index (χ0n) is 11.9. The number of carbonyl (C=O) groups is 1. The third-order valence-electron chi connectivity index (χ3n) is 3.66. The van der Waals surface area contributed by atoms with Crippen molar-refractivity contribution in [1.82, 2.24) is 9.55 Å². The number of benzene rings is 1. The number of nitriles is 1. The van der Waals surface area contributed by atoms with E-state index in [-0.39, 0.29) is 5.92 Å². The van der Waals surface area contributed by atoms with E-state index >= 15 is 0 Å². The van der Waals surface area contributed by atoms with Gasteiger partial charge in [-0.15, -0.1) is 0 Å². The van der Waals surface area contributed by atoms with Gasteiger partial charge in [-0.05, 0) is 30.7 Å². The summed E-state index contributed by atoms with van der Waals surface area (Å²) in [5.74, 6) is -0.533. The lowest BCUT2D eigenvalue weighted by atomic mass is 10.0. The van der Waals surface area contributed by atoms with Gasteiger partial charge in [0.1, 0.15) is 6.07 Å². The van der Waals surface area contributed by atoms with E-state index in [9.17, 15) is 4.79 Å². The molecule has 3 rings (SSSR count). The van der Waals surface area contributed by atoms with E-state index in [2.05, 4.69) is 4.98 Å². The summed E-state index contributed by atoms with van der Waals surface area (Å²) in [5.41, 5.74) is 1.32. The fourth-order valence-corrected chi connectivity index (χ4v) is 2.38. The molecule has 6 nitrogen and oxygen atoms in total. The van der Waals surface area contributed by atoms with Crippen LogP contribution in [0.4, 0.5) is 0 Å². The van der Waals surface area contributed by atoms with Gasteiger partial charge in [-0.2, -0.15) is 5.26 Å². The predicted molar refractivity (Wildman–Crippen MR) is 77.3 cm³/mol. The summed E-state index contributed by atoms with van der Waals surface area (Å²) in [7, 11) is 0. The Balaban J connectivity index is 1.68. The van der Waals surface area contributed by atoms with Crippen molar-refractivity contribution in [3.05, 3.63) is 48.5 Å². The molecule has 1 fully saturated rings. The summed E-state index contributed by atoms with van der Waals surface area (Å²) < 4.78 is 12.4. The highest BCUT2D eigenvalue weighted by molar-refractivity contribution is 5.89. The van der Waals surface area contributed by atoms with Crippen LogP contribution < -0.4 is 0 Å². The predicted octanol–water partition coefficient (Wildman–Crippen LogP) is 1.96. The van der Waals surface area contributed by atoms with Crippen LogP contribution in [0.2, 0.25) is 0 Å². The normalized spacial score (nSPS) is 18.6. The standard InChI is InChI=1S/C16H15N3O3/c17-9-15(13-5-8-21-10-13)22-16(20)12-1-3-14(4-2-12)19-7-6-18-11-19/h1-4,6-7,11,13,15H,5,8,10H2/t13-,15-/m1/s1. The minimum atomic E-state index is -0.761. The summed E-state index contributed by atoms with van der Waals surface area (Å²) >= 11 is 0. The Morgan fingerprint density at radius 2 is 2.27 bits per heavy atom. The van der Waals surface area contributed by atoms with Gasteiger partial charge >= 0.3 is 5.97 Å². The van der Waals surface area contributed by atoms with Gasteiger partial charge in [0.15, 0.2) is 6.10 Å².